The number of allylic oxidation sites excluding steroid dienone is 8. The first-order chi connectivity index (χ1) is 41.2. The SMILES string of the molecule is Cc1ccc(-c2ccccc2)cc1.Cc1ccc2c(c1)C1(C3=CCCC=C3C3=C1C=CCC3C)c1ccccc1-2.Cc1ccc2c3c(C)c(-c4cc(-c5ccccc5)ccc4C)cc(-c4cccc5ccccc45)c3n(-c3ccccc3)c2c1. The lowest BCUT2D eigenvalue weighted by molar-refractivity contribution is 0.682. The molecule has 406 valence electrons. The van der Waals surface area contributed by atoms with Crippen LogP contribution in [0, 0.1) is 40.5 Å². The number of hydrogen-bond acceptors (Lipinski definition) is 0. The molecule has 16 rings (SSSR count). The molecule has 84 heavy (non-hydrogen) atoms. The van der Waals surface area contributed by atoms with Crippen LogP contribution in [0.4, 0.5) is 0 Å². The zero-order valence-corrected chi connectivity index (χ0v) is 49.0. The van der Waals surface area contributed by atoms with Gasteiger partial charge in [-0.05, 0) is 201 Å². The first kappa shape index (κ1) is 52.5. The second-order valence-corrected chi connectivity index (χ2v) is 23.7. The number of para-hydroxylation sites is 1. The minimum Gasteiger partial charge on any atom is -0.309 e. The van der Waals surface area contributed by atoms with Crippen molar-refractivity contribution in [2.24, 2.45) is 5.92 Å². The molecule has 11 aromatic carbocycles. The molecule has 0 aliphatic heterocycles. The van der Waals surface area contributed by atoms with Crippen LogP contribution in [0.2, 0.25) is 0 Å². The molecule has 0 fully saturated rings. The largest absolute Gasteiger partial charge is 0.309 e. The Morgan fingerprint density at radius 3 is 1.82 bits per heavy atom. The van der Waals surface area contributed by atoms with Gasteiger partial charge in [0.15, 0.2) is 0 Å². The molecule has 0 saturated heterocycles. The Morgan fingerprint density at radius 1 is 0.429 bits per heavy atom. The van der Waals surface area contributed by atoms with E-state index < -0.39 is 0 Å². The first-order valence-corrected chi connectivity index (χ1v) is 30.1. The Bertz CT molecular complexity index is 4650. The standard InChI is InChI=1S/C43H33N.C27H24.C13H12/c1-28-21-24-37-41(25-28)44(34-17-8-5-9-18-34)43-40(36-20-12-16-32-15-10-11-19-35(32)36)27-39(30(3)42(37)43)38-26-33(23-22-29(38)2)31-13-6-4-7-14-31;1-17-14-15-20-19-9-3-5-11-22(19)27(25(20)16-17)23-12-6-4-10-21(23)26-18(2)8-7-13-24(26)27;1-11-7-9-13(10-8-11)12-5-3-2-4-6-12/h4-27H,1-3H3;3,5,7,9-16,18H,4,6,8H2,1-2H3;2-10H,1H3. The maximum atomic E-state index is 2.54. The number of nitrogens with zero attached hydrogens (tertiary/aromatic N) is 1. The van der Waals surface area contributed by atoms with Crippen molar-refractivity contribution in [2.75, 3.05) is 0 Å². The molecule has 4 aliphatic rings. The topological polar surface area (TPSA) is 4.93 Å². The van der Waals surface area contributed by atoms with Crippen LogP contribution in [0.1, 0.15) is 65.1 Å². The lowest BCUT2D eigenvalue weighted by Crippen LogP contribution is -2.28. The molecule has 1 spiro atoms. The summed E-state index contributed by atoms with van der Waals surface area (Å²) in [4.78, 5) is 0. The summed E-state index contributed by atoms with van der Waals surface area (Å²) in [5.74, 6) is 0.596. The highest BCUT2D eigenvalue weighted by Crippen LogP contribution is 2.65. The third-order valence-corrected chi connectivity index (χ3v) is 18.3. The number of aromatic nitrogens is 1. The Hall–Kier alpha value is -9.56. The number of benzene rings is 11. The van der Waals surface area contributed by atoms with Gasteiger partial charge in [-0.25, -0.2) is 0 Å². The van der Waals surface area contributed by atoms with Crippen molar-refractivity contribution in [3.05, 3.63) is 328 Å². The van der Waals surface area contributed by atoms with Crippen LogP contribution in [0.15, 0.2) is 289 Å². The highest BCUT2D eigenvalue weighted by molar-refractivity contribution is 6.19. The minimum absolute atomic E-state index is 0.106. The van der Waals surface area contributed by atoms with Crippen molar-refractivity contribution in [3.63, 3.8) is 0 Å². The third-order valence-electron chi connectivity index (χ3n) is 18.3. The fraction of sp³-hybridized carbons (Fsp3) is 0.133. The van der Waals surface area contributed by atoms with Gasteiger partial charge in [-0.15, -0.1) is 0 Å². The van der Waals surface area contributed by atoms with Crippen molar-refractivity contribution in [1.29, 1.82) is 0 Å². The van der Waals surface area contributed by atoms with Crippen LogP contribution in [0.5, 0.6) is 0 Å². The fourth-order valence-electron chi connectivity index (χ4n) is 14.4. The number of fused-ring (bicyclic) bond motifs is 13. The normalized spacial score (nSPS) is 16.3. The van der Waals surface area contributed by atoms with Gasteiger partial charge in [0.1, 0.15) is 0 Å². The summed E-state index contributed by atoms with van der Waals surface area (Å²) in [6.07, 6.45) is 13.4. The van der Waals surface area contributed by atoms with E-state index in [4.69, 9.17) is 0 Å². The Balaban J connectivity index is 0.000000132. The van der Waals surface area contributed by atoms with E-state index in [1.807, 2.05) is 6.07 Å². The first-order valence-electron chi connectivity index (χ1n) is 30.1. The van der Waals surface area contributed by atoms with Gasteiger partial charge < -0.3 is 4.57 Å². The predicted molar refractivity (Wildman–Crippen MR) is 358 cm³/mol. The fourth-order valence-corrected chi connectivity index (χ4v) is 14.4. The summed E-state index contributed by atoms with van der Waals surface area (Å²) in [6.45, 7) is 13.5. The summed E-state index contributed by atoms with van der Waals surface area (Å²) in [5, 5.41) is 5.11. The highest BCUT2D eigenvalue weighted by Gasteiger charge is 2.55. The van der Waals surface area contributed by atoms with E-state index in [2.05, 4.69) is 307 Å². The molecule has 2 unspecified atom stereocenters. The van der Waals surface area contributed by atoms with Crippen LogP contribution in [0.25, 0.3) is 93.9 Å². The second-order valence-electron chi connectivity index (χ2n) is 23.7. The van der Waals surface area contributed by atoms with Crippen LogP contribution in [0.3, 0.4) is 0 Å². The van der Waals surface area contributed by atoms with Crippen LogP contribution < -0.4 is 0 Å². The molecule has 1 nitrogen and oxygen atoms in total. The second kappa shape index (κ2) is 21.6. The molecule has 0 amide bonds. The Labute approximate surface area is 496 Å². The third kappa shape index (κ3) is 8.85. The van der Waals surface area contributed by atoms with E-state index in [-0.39, 0.29) is 5.41 Å². The van der Waals surface area contributed by atoms with Crippen LogP contribution >= 0.6 is 0 Å². The molecule has 4 aliphatic carbocycles. The van der Waals surface area contributed by atoms with E-state index >= 15 is 0 Å². The van der Waals surface area contributed by atoms with E-state index in [1.54, 1.807) is 11.1 Å². The monoisotopic (exact) mass is 1080 g/mol. The van der Waals surface area contributed by atoms with Crippen LogP contribution in [-0.4, -0.2) is 4.57 Å². The van der Waals surface area contributed by atoms with Gasteiger partial charge in [-0.3, -0.25) is 0 Å². The van der Waals surface area contributed by atoms with Crippen molar-refractivity contribution in [2.45, 2.75) is 66.2 Å². The Kier molecular flexibility index (Phi) is 13.5. The molecule has 12 aromatic rings. The highest BCUT2D eigenvalue weighted by atomic mass is 15.0. The van der Waals surface area contributed by atoms with Crippen LogP contribution in [-0.2, 0) is 5.41 Å². The van der Waals surface area contributed by atoms with Gasteiger partial charge in [0.2, 0.25) is 0 Å². The van der Waals surface area contributed by atoms with Gasteiger partial charge >= 0.3 is 0 Å². The molecule has 1 heteroatoms. The van der Waals surface area contributed by atoms with Crippen molar-refractivity contribution >= 4 is 32.6 Å². The van der Waals surface area contributed by atoms with Gasteiger partial charge in [0, 0.05) is 22.0 Å². The quantitative estimate of drug-likeness (QED) is 0.162. The number of aryl methyl sites for hydroxylation is 5. The maximum Gasteiger partial charge on any atom is 0.0719 e. The molecule has 0 bridgehead atoms. The molecule has 2 atom stereocenters. The molecule has 0 saturated carbocycles. The van der Waals surface area contributed by atoms with E-state index in [1.165, 1.54) is 150 Å². The molecule has 0 radical (unpaired) electrons. The van der Waals surface area contributed by atoms with Gasteiger partial charge in [-0.1, -0.05) is 255 Å². The molecule has 0 N–H and O–H groups in total. The van der Waals surface area contributed by atoms with Gasteiger partial charge in [0.05, 0.1) is 16.4 Å². The summed E-state index contributed by atoms with van der Waals surface area (Å²) in [6, 6.07) is 88.5. The summed E-state index contributed by atoms with van der Waals surface area (Å²) < 4.78 is 2.48. The molecule has 1 heterocycles. The van der Waals surface area contributed by atoms with Crippen molar-refractivity contribution in [1.82, 2.24) is 4.57 Å². The summed E-state index contributed by atoms with van der Waals surface area (Å²) >= 11 is 0. The number of rotatable bonds is 5. The van der Waals surface area contributed by atoms with E-state index in [0.717, 1.165) is 12.8 Å². The van der Waals surface area contributed by atoms with Crippen molar-refractivity contribution in [3.8, 4) is 61.3 Å². The molecular weight excluding hydrogens is 1010 g/mol. The summed E-state index contributed by atoms with van der Waals surface area (Å²) in [7, 11) is 0. The lowest BCUT2D eigenvalue weighted by Gasteiger charge is -2.33. The predicted octanol–water partition coefficient (Wildman–Crippen LogP) is 22.3. The van der Waals surface area contributed by atoms with Crippen molar-refractivity contribution < 1.29 is 0 Å². The van der Waals surface area contributed by atoms with E-state index in [0.29, 0.717) is 5.92 Å². The summed E-state index contributed by atoms with van der Waals surface area (Å²) in [5.41, 5.74) is 32.2. The van der Waals surface area contributed by atoms with Gasteiger partial charge in [0.25, 0.3) is 0 Å². The molecule has 1 aromatic heterocycles. The average molecular weight is 1080 g/mol. The average Bonchev–Trinajstić information content (AvgIpc) is 1.93. The number of hydrogen-bond donors (Lipinski definition) is 0. The maximum absolute atomic E-state index is 2.54. The Morgan fingerprint density at radius 2 is 1.04 bits per heavy atom. The zero-order chi connectivity index (χ0) is 57.1. The minimum atomic E-state index is -0.106. The van der Waals surface area contributed by atoms with E-state index in [9.17, 15) is 0 Å². The van der Waals surface area contributed by atoms with Gasteiger partial charge in [-0.2, -0.15) is 0 Å². The lowest BCUT2D eigenvalue weighted by atomic mass is 9.68. The molecular formula is C83H69N. The zero-order valence-electron chi connectivity index (χ0n) is 49.0. The smallest absolute Gasteiger partial charge is 0.0719 e.